The number of pyridine rings is 1. The Kier molecular flexibility index (Phi) is 5.56. The van der Waals surface area contributed by atoms with E-state index in [4.69, 9.17) is 4.74 Å². The van der Waals surface area contributed by atoms with Gasteiger partial charge in [-0.2, -0.15) is 0 Å². The van der Waals surface area contributed by atoms with Crippen LogP contribution in [0.15, 0.2) is 12.3 Å². The number of amides is 1. The molecule has 1 atom stereocenters. The average Bonchev–Trinajstić information content (AvgIpc) is 2.97. The second-order valence-electron chi connectivity index (χ2n) is 5.62. The zero-order chi connectivity index (χ0) is 15.2. The third-order valence-electron chi connectivity index (χ3n) is 3.68. The standard InChI is InChI=1S/C16H25N3O2/c1-4-7-17-15-9-12(2)18-10-14(15)16(20)19(3)11-13-6-5-8-21-13/h9-10,13H,4-8,11H2,1-3H3,(H,17,18). The summed E-state index contributed by atoms with van der Waals surface area (Å²) in [6.07, 6.45) is 4.97. The zero-order valence-electron chi connectivity index (χ0n) is 13.2. The number of nitrogens with one attached hydrogen (secondary N) is 1. The Balaban J connectivity index is 2.09. The van der Waals surface area contributed by atoms with Gasteiger partial charge in [0, 0.05) is 38.6 Å². The molecule has 1 amide bonds. The van der Waals surface area contributed by atoms with Gasteiger partial charge >= 0.3 is 0 Å². The van der Waals surface area contributed by atoms with E-state index < -0.39 is 0 Å². The predicted molar refractivity (Wildman–Crippen MR) is 83.7 cm³/mol. The second kappa shape index (κ2) is 7.41. The molecule has 0 aliphatic carbocycles. The Hall–Kier alpha value is -1.62. The molecule has 1 fully saturated rings. The maximum Gasteiger partial charge on any atom is 0.257 e. The molecule has 1 aromatic heterocycles. The van der Waals surface area contributed by atoms with Gasteiger partial charge in [-0.05, 0) is 32.3 Å². The van der Waals surface area contributed by atoms with Gasteiger partial charge in [0.25, 0.3) is 5.91 Å². The van der Waals surface area contributed by atoms with Gasteiger partial charge in [0.2, 0.25) is 0 Å². The predicted octanol–water partition coefficient (Wildman–Crippen LogP) is 2.46. The van der Waals surface area contributed by atoms with E-state index in [9.17, 15) is 4.79 Å². The van der Waals surface area contributed by atoms with Crippen molar-refractivity contribution in [3.63, 3.8) is 0 Å². The fourth-order valence-electron chi connectivity index (χ4n) is 2.52. The van der Waals surface area contributed by atoms with Crippen LogP contribution in [-0.4, -0.2) is 48.6 Å². The number of likely N-dealkylation sites (N-methyl/N-ethyl adjacent to an activating group) is 1. The van der Waals surface area contributed by atoms with Crippen LogP contribution in [0.5, 0.6) is 0 Å². The molecule has 2 rings (SSSR count). The first kappa shape index (κ1) is 15.8. The minimum atomic E-state index is -0.00315. The summed E-state index contributed by atoms with van der Waals surface area (Å²) in [5.74, 6) is -0.00315. The van der Waals surface area contributed by atoms with Crippen molar-refractivity contribution in [3.8, 4) is 0 Å². The molecule has 0 aromatic carbocycles. The van der Waals surface area contributed by atoms with Crippen molar-refractivity contribution in [2.45, 2.75) is 39.2 Å². The summed E-state index contributed by atoms with van der Waals surface area (Å²) >= 11 is 0. The third-order valence-corrected chi connectivity index (χ3v) is 3.68. The Morgan fingerprint density at radius 3 is 3.05 bits per heavy atom. The fraction of sp³-hybridized carbons (Fsp3) is 0.625. The minimum Gasteiger partial charge on any atom is -0.384 e. The van der Waals surface area contributed by atoms with Crippen LogP contribution in [0.4, 0.5) is 5.69 Å². The van der Waals surface area contributed by atoms with Crippen LogP contribution < -0.4 is 5.32 Å². The van der Waals surface area contributed by atoms with E-state index in [1.807, 2.05) is 20.0 Å². The smallest absolute Gasteiger partial charge is 0.257 e. The number of carbonyl (C=O) groups excluding carboxylic acids is 1. The first-order valence-electron chi connectivity index (χ1n) is 7.69. The van der Waals surface area contributed by atoms with Crippen LogP contribution in [0, 0.1) is 6.92 Å². The minimum absolute atomic E-state index is 0.00315. The Morgan fingerprint density at radius 2 is 2.38 bits per heavy atom. The summed E-state index contributed by atoms with van der Waals surface area (Å²) < 4.78 is 5.60. The van der Waals surface area contributed by atoms with Gasteiger partial charge in [-0.15, -0.1) is 0 Å². The zero-order valence-corrected chi connectivity index (χ0v) is 13.2. The van der Waals surface area contributed by atoms with Gasteiger partial charge in [0.05, 0.1) is 17.4 Å². The molecule has 0 saturated carbocycles. The van der Waals surface area contributed by atoms with Crippen LogP contribution >= 0.6 is 0 Å². The molecule has 0 bridgehead atoms. The Morgan fingerprint density at radius 1 is 1.57 bits per heavy atom. The SMILES string of the molecule is CCCNc1cc(C)ncc1C(=O)N(C)CC1CCCO1. The van der Waals surface area contributed by atoms with Gasteiger partial charge in [-0.3, -0.25) is 9.78 Å². The number of hydrogen-bond acceptors (Lipinski definition) is 4. The van der Waals surface area contributed by atoms with Crippen molar-refractivity contribution in [2.24, 2.45) is 0 Å². The van der Waals surface area contributed by atoms with E-state index >= 15 is 0 Å². The summed E-state index contributed by atoms with van der Waals surface area (Å²) in [7, 11) is 1.83. The molecule has 1 aliphatic heterocycles. The van der Waals surface area contributed by atoms with Crippen molar-refractivity contribution < 1.29 is 9.53 Å². The van der Waals surface area contributed by atoms with Crippen molar-refractivity contribution in [3.05, 3.63) is 23.5 Å². The maximum atomic E-state index is 12.6. The van der Waals surface area contributed by atoms with E-state index in [-0.39, 0.29) is 12.0 Å². The summed E-state index contributed by atoms with van der Waals surface area (Å²) in [5.41, 5.74) is 2.41. The lowest BCUT2D eigenvalue weighted by molar-refractivity contribution is 0.0587. The molecule has 0 spiro atoms. The number of hydrogen-bond donors (Lipinski definition) is 1. The first-order chi connectivity index (χ1) is 10.1. The molecule has 21 heavy (non-hydrogen) atoms. The molecule has 1 aliphatic rings. The highest BCUT2D eigenvalue weighted by atomic mass is 16.5. The van der Waals surface area contributed by atoms with Crippen LogP contribution in [-0.2, 0) is 4.74 Å². The monoisotopic (exact) mass is 291 g/mol. The number of aryl methyl sites for hydroxylation is 1. The number of nitrogens with zero attached hydrogens (tertiary/aromatic N) is 2. The topological polar surface area (TPSA) is 54.5 Å². The highest BCUT2D eigenvalue weighted by molar-refractivity contribution is 5.99. The molecule has 1 saturated heterocycles. The molecule has 0 radical (unpaired) electrons. The third kappa shape index (κ3) is 4.17. The van der Waals surface area contributed by atoms with Gasteiger partial charge < -0.3 is 15.0 Å². The van der Waals surface area contributed by atoms with E-state index in [0.717, 1.165) is 43.8 Å². The number of aromatic nitrogens is 1. The fourth-order valence-corrected chi connectivity index (χ4v) is 2.52. The Bertz CT molecular complexity index is 484. The number of ether oxygens (including phenoxy) is 1. The number of anilines is 1. The molecule has 116 valence electrons. The lowest BCUT2D eigenvalue weighted by Crippen LogP contribution is -2.34. The highest BCUT2D eigenvalue weighted by Gasteiger charge is 2.22. The van der Waals surface area contributed by atoms with Gasteiger partial charge in [-0.1, -0.05) is 6.92 Å². The molecular weight excluding hydrogens is 266 g/mol. The van der Waals surface area contributed by atoms with Gasteiger partial charge in [0.1, 0.15) is 0 Å². The van der Waals surface area contributed by atoms with Crippen molar-refractivity contribution in [1.29, 1.82) is 0 Å². The Labute approximate surface area is 126 Å². The molecule has 1 unspecified atom stereocenters. The molecule has 5 heteroatoms. The maximum absolute atomic E-state index is 12.6. The van der Waals surface area contributed by atoms with Gasteiger partial charge in [0.15, 0.2) is 0 Å². The summed E-state index contributed by atoms with van der Waals surface area (Å²) in [5, 5.41) is 3.31. The van der Waals surface area contributed by atoms with Crippen LogP contribution in [0.25, 0.3) is 0 Å². The molecular formula is C16H25N3O2. The number of rotatable bonds is 6. The average molecular weight is 291 g/mol. The van der Waals surface area contributed by atoms with Crippen LogP contribution in [0.3, 0.4) is 0 Å². The summed E-state index contributed by atoms with van der Waals surface area (Å²) in [4.78, 5) is 18.6. The lowest BCUT2D eigenvalue weighted by Gasteiger charge is -2.22. The van der Waals surface area contributed by atoms with E-state index in [1.165, 1.54) is 0 Å². The summed E-state index contributed by atoms with van der Waals surface area (Å²) in [6.45, 7) is 6.33. The van der Waals surface area contributed by atoms with Crippen LogP contribution in [0.1, 0.15) is 42.2 Å². The van der Waals surface area contributed by atoms with Crippen molar-refractivity contribution in [1.82, 2.24) is 9.88 Å². The molecule has 1 aromatic rings. The largest absolute Gasteiger partial charge is 0.384 e. The molecule has 1 N–H and O–H groups in total. The van der Waals surface area contributed by atoms with E-state index in [2.05, 4.69) is 17.2 Å². The number of carbonyl (C=O) groups is 1. The highest BCUT2D eigenvalue weighted by Crippen LogP contribution is 2.19. The molecule has 2 heterocycles. The van der Waals surface area contributed by atoms with E-state index in [1.54, 1.807) is 11.1 Å². The van der Waals surface area contributed by atoms with Crippen LogP contribution in [0.2, 0.25) is 0 Å². The van der Waals surface area contributed by atoms with Crippen molar-refractivity contribution >= 4 is 11.6 Å². The molecule has 5 nitrogen and oxygen atoms in total. The lowest BCUT2D eigenvalue weighted by atomic mass is 10.1. The van der Waals surface area contributed by atoms with Gasteiger partial charge in [-0.25, -0.2) is 0 Å². The normalized spacial score (nSPS) is 17.8. The second-order valence-corrected chi connectivity index (χ2v) is 5.62. The quantitative estimate of drug-likeness (QED) is 0.875. The van der Waals surface area contributed by atoms with E-state index in [0.29, 0.717) is 12.1 Å². The summed E-state index contributed by atoms with van der Waals surface area (Å²) in [6, 6.07) is 1.93. The van der Waals surface area contributed by atoms with Crippen molar-refractivity contribution in [2.75, 3.05) is 32.1 Å². The first-order valence-corrected chi connectivity index (χ1v) is 7.69.